The van der Waals surface area contributed by atoms with Gasteiger partial charge in [0.25, 0.3) is 5.91 Å². The van der Waals surface area contributed by atoms with Crippen LogP contribution in [0.1, 0.15) is 22.8 Å². The van der Waals surface area contributed by atoms with E-state index in [0.717, 1.165) is 5.56 Å². The number of piperazine rings is 1. The molecule has 118 valence electrons. The summed E-state index contributed by atoms with van der Waals surface area (Å²) in [6.07, 6.45) is 0. The lowest BCUT2D eigenvalue weighted by atomic mass is 10.1. The van der Waals surface area contributed by atoms with E-state index in [2.05, 4.69) is 0 Å². The Kier molecular flexibility index (Phi) is 5.14. The summed E-state index contributed by atoms with van der Waals surface area (Å²) in [4.78, 5) is 38.8. The van der Waals surface area contributed by atoms with Crippen molar-refractivity contribution in [1.82, 2.24) is 9.80 Å². The third kappa shape index (κ3) is 3.63. The quantitative estimate of drug-likeness (QED) is 0.600. The summed E-state index contributed by atoms with van der Waals surface area (Å²) >= 11 is 0. The van der Waals surface area contributed by atoms with Crippen LogP contribution in [0.4, 0.5) is 0 Å². The number of rotatable bonds is 2. The second-order valence-corrected chi connectivity index (χ2v) is 5.17. The van der Waals surface area contributed by atoms with Gasteiger partial charge in [-0.05, 0) is 26.0 Å². The average Bonchev–Trinajstić information content (AvgIpc) is 2.54. The Balaban J connectivity index is 1.93. The summed E-state index contributed by atoms with van der Waals surface area (Å²) in [5, 5.41) is 0. The highest BCUT2D eigenvalue weighted by Gasteiger charge is 2.28. The highest BCUT2D eigenvalue weighted by atomic mass is 16.5. The van der Waals surface area contributed by atoms with Crippen LogP contribution in [0.3, 0.4) is 0 Å². The van der Waals surface area contributed by atoms with E-state index in [1.165, 1.54) is 4.90 Å². The van der Waals surface area contributed by atoms with Gasteiger partial charge in [0.2, 0.25) is 0 Å². The normalized spacial score (nSPS) is 14.6. The van der Waals surface area contributed by atoms with E-state index in [9.17, 15) is 14.4 Å². The zero-order valence-electron chi connectivity index (χ0n) is 12.9. The zero-order valence-corrected chi connectivity index (χ0v) is 12.9. The van der Waals surface area contributed by atoms with Crippen molar-refractivity contribution in [2.45, 2.75) is 13.8 Å². The van der Waals surface area contributed by atoms with E-state index < -0.39 is 11.9 Å². The van der Waals surface area contributed by atoms with Gasteiger partial charge in [-0.15, -0.1) is 0 Å². The van der Waals surface area contributed by atoms with Gasteiger partial charge in [0.05, 0.1) is 6.61 Å². The fourth-order valence-corrected chi connectivity index (χ4v) is 2.40. The van der Waals surface area contributed by atoms with E-state index in [4.69, 9.17) is 4.74 Å². The highest BCUT2D eigenvalue weighted by Crippen LogP contribution is 2.11. The molecule has 1 aliphatic rings. The summed E-state index contributed by atoms with van der Waals surface area (Å²) in [5.74, 6) is -1.52. The smallest absolute Gasteiger partial charge is 0.397 e. The van der Waals surface area contributed by atoms with Gasteiger partial charge < -0.3 is 14.5 Å². The molecule has 0 bridgehead atoms. The monoisotopic (exact) mass is 304 g/mol. The van der Waals surface area contributed by atoms with E-state index in [-0.39, 0.29) is 12.5 Å². The lowest BCUT2D eigenvalue weighted by Crippen LogP contribution is -2.52. The standard InChI is InChI=1S/C16H20N2O4/c1-3-22-16(21)15(20)18-9-7-17(8-10-18)14(19)13-6-4-5-12(2)11-13/h4-6,11H,3,7-10H2,1-2H3. The van der Waals surface area contributed by atoms with Crippen LogP contribution in [0.2, 0.25) is 0 Å². The van der Waals surface area contributed by atoms with Crippen molar-refractivity contribution in [1.29, 1.82) is 0 Å². The van der Waals surface area contributed by atoms with Crippen molar-refractivity contribution in [2.75, 3.05) is 32.8 Å². The van der Waals surface area contributed by atoms with Crippen LogP contribution >= 0.6 is 0 Å². The minimum absolute atomic E-state index is 0.0491. The SMILES string of the molecule is CCOC(=O)C(=O)N1CCN(C(=O)c2cccc(C)c2)CC1. The number of ether oxygens (including phenoxy) is 1. The van der Waals surface area contributed by atoms with Gasteiger partial charge in [0.1, 0.15) is 0 Å². The van der Waals surface area contributed by atoms with Gasteiger partial charge in [-0.2, -0.15) is 0 Å². The second kappa shape index (κ2) is 7.06. The highest BCUT2D eigenvalue weighted by molar-refractivity contribution is 6.32. The van der Waals surface area contributed by atoms with Crippen LogP contribution in [0.5, 0.6) is 0 Å². The average molecular weight is 304 g/mol. The Hall–Kier alpha value is -2.37. The number of carbonyl (C=O) groups excluding carboxylic acids is 3. The van der Waals surface area contributed by atoms with Crippen molar-refractivity contribution in [3.8, 4) is 0 Å². The second-order valence-electron chi connectivity index (χ2n) is 5.17. The minimum Gasteiger partial charge on any atom is -0.459 e. The molecule has 0 N–H and O–H groups in total. The molecule has 1 fully saturated rings. The lowest BCUT2D eigenvalue weighted by Gasteiger charge is -2.34. The Bertz CT molecular complexity index is 577. The molecule has 0 atom stereocenters. The first kappa shape index (κ1) is 16.0. The maximum absolute atomic E-state index is 12.4. The molecule has 0 aliphatic carbocycles. The fourth-order valence-electron chi connectivity index (χ4n) is 2.40. The summed E-state index contributed by atoms with van der Waals surface area (Å²) < 4.78 is 4.70. The predicted octanol–water partition coefficient (Wildman–Crippen LogP) is 0.843. The predicted molar refractivity (Wildman–Crippen MR) is 80.3 cm³/mol. The Morgan fingerprint density at radius 3 is 2.32 bits per heavy atom. The fraction of sp³-hybridized carbons (Fsp3) is 0.438. The molecule has 22 heavy (non-hydrogen) atoms. The molecule has 2 amide bonds. The maximum atomic E-state index is 12.4. The number of carbonyl (C=O) groups is 3. The first-order valence-corrected chi connectivity index (χ1v) is 7.35. The van der Waals surface area contributed by atoms with Crippen LogP contribution in [0, 0.1) is 6.92 Å². The van der Waals surface area contributed by atoms with Crippen LogP contribution < -0.4 is 0 Å². The Labute approximate surface area is 129 Å². The maximum Gasteiger partial charge on any atom is 0.397 e. The number of hydrogen-bond acceptors (Lipinski definition) is 4. The van der Waals surface area contributed by atoms with Gasteiger partial charge in [-0.25, -0.2) is 4.79 Å². The molecule has 0 aromatic heterocycles. The van der Waals surface area contributed by atoms with Crippen molar-refractivity contribution < 1.29 is 19.1 Å². The number of aryl methyl sites for hydroxylation is 1. The molecule has 0 unspecified atom stereocenters. The summed E-state index contributed by atoms with van der Waals surface area (Å²) in [6.45, 7) is 5.28. The van der Waals surface area contributed by atoms with Gasteiger partial charge in [0, 0.05) is 31.7 Å². The number of esters is 1. The lowest BCUT2D eigenvalue weighted by molar-refractivity contribution is -0.160. The van der Waals surface area contributed by atoms with Crippen LogP contribution in [-0.4, -0.2) is 60.4 Å². The summed E-state index contributed by atoms with van der Waals surface area (Å²) in [5.41, 5.74) is 1.67. The molecule has 1 aliphatic heterocycles. The van der Waals surface area contributed by atoms with E-state index in [1.54, 1.807) is 17.9 Å². The van der Waals surface area contributed by atoms with Gasteiger partial charge in [-0.1, -0.05) is 17.7 Å². The number of nitrogens with zero attached hydrogens (tertiary/aromatic N) is 2. The minimum atomic E-state index is -0.832. The third-order valence-corrected chi connectivity index (χ3v) is 3.57. The number of benzene rings is 1. The summed E-state index contributed by atoms with van der Waals surface area (Å²) in [7, 11) is 0. The van der Waals surface area contributed by atoms with Crippen molar-refractivity contribution in [2.24, 2.45) is 0 Å². The summed E-state index contributed by atoms with van der Waals surface area (Å²) in [6, 6.07) is 7.42. The zero-order chi connectivity index (χ0) is 16.1. The van der Waals surface area contributed by atoms with Crippen LogP contribution in [0.25, 0.3) is 0 Å². The topological polar surface area (TPSA) is 66.9 Å². The van der Waals surface area contributed by atoms with E-state index >= 15 is 0 Å². The molecular weight excluding hydrogens is 284 g/mol. The molecule has 1 saturated heterocycles. The van der Waals surface area contributed by atoms with E-state index in [0.29, 0.717) is 31.7 Å². The molecule has 6 heteroatoms. The van der Waals surface area contributed by atoms with Crippen LogP contribution in [0.15, 0.2) is 24.3 Å². The largest absolute Gasteiger partial charge is 0.459 e. The van der Waals surface area contributed by atoms with Crippen molar-refractivity contribution >= 4 is 17.8 Å². The number of amides is 2. The third-order valence-electron chi connectivity index (χ3n) is 3.57. The molecule has 1 heterocycles. The molecule has 1 aromatic carbocycles. The molecule has 2 rings (SSSR count). The molecule has 0 radical (unpaired) electrons. The van der Waals surface area contributed by atoms with Gasteiger partial charge >= 0.3 is 11.9 Å². The van der Waals surface area contributed by atoms with E-state index in [1.807, 2.05) is 25.1 Å². The molecular formula is C16H20N2O4. The molecule has 1 aromatic rings. The van der Waals surface area contributed by atoms with Gasteiger partial charge in [0.15, 0.2) is 0 Å². The Morgan fingerprint density at radius 1 is 1.09 bits per heavy atom. The first-order chi connectivity index (χ1) is 10.5. The Morgan fingerprint density at radius 2 is 1.73 bits per heavy atom. The van der Waals surface area contributed by atoms with Gasteiger partial charge in [-0.3, -0.25) is 9.59 Å². The van der Waals surface area contributed by atoms with Crippen molar-refractivity contribution in [3.63, 3.8) is 0 Å². The number of hydrogen-bond donors (Lipinski definition) is 0. The molecule has 0 spiro atoms. The molecule has 6 nitrogen and oxygen atoms in total. The first-order valence-electron chi connectivity index (χ1n) is 7.35. The van der Waals surface area contributed by atoms with Crippen LogP contribution in [-0.2, 0) is 14.3 Å². The molecule has 0 saturated carbocycles. The van der Waals surface area contributed by atoms with Crippen molar-refractivity contribution in [3.05, 3.63) is 35.4 Å².